The largest absolute Gasteiger partial charge is 0.389 e. The Hall–Kier alpha value is -0.890. The van der Waals surface area contributed by atoms with Crippen LogP contribution in [0.3, 0.4) is 0 Å². The standard InChI is InChI=1S/C8H10O2/c1-2-3-6-4-7(9)5-8(6)10/h2,4,7,9H,1,3,5H2/t7-/m0/s1. The molecule has 0 bridgehead atoms. The van der Waals surface area contributed by atoms with Crippen molar-refractivity contribution in [2.75, 3.05) is 0 Å². The van der Waals surface area contributed by atoms with Gasteiger partial charge in [-0.05, 0) is 18.1 Å². The quantitative estimate of drug-likeness (QED) is 0.574. The van der Waals surface area contributed by atoms with E-state index in [-0.39, 0.29) is 12.2 Å². The molecule has 0 saturated carbocycles. The number of ketones is 1. The molecule has 1 aliphatic carbocycles. The van der Waals surface area contributed by atoms with Crippen LogP contribution < -0.4 is 0 Å². The van der Waals surface area contributed by atoms with Crippen molar-refractivity contribution in [2.45, 2.75) is 18.9 Å². The molecule has 0 aliphatic heterocycles. The maximum Gasteiger partial charge on any atom is 0.161 e. The summed E-state index contributed by atoms with van der Waals surface area (Å²) in [6.45, 7) is 3.51. The molecule has 0 aromatic rings. The van der Waals surface area contributed by atoms with Gasteiger partial charge in [-0.15, -0.1) is 6.58 Å². The molecule has 1 atom stereocenters. The van der Waals surface area contributed by atoms with Crippen LogP contribution in [0.5, 0.6) is 0 Å². The van der Waals surface area contributed by atoms with Crippen LogP contribution in [0.25, 0.3) is 0 Å². The normalized spacial score (nSPS) is 24.7. The molecule has 0 fully saturated rings. The van der Waals surface area contributed by atoms with E-state index >= 15 is 0 Å². The Morgan fingerprint density at radius 1 is 1.90 bits per heavy atom. The van der Waals surface area contributed by atoms with Gasteiger partial charge in [0, 0.05) is 6.42 Å². The number of rotatable bonds is 2. The Kier molecular flexibility index (Phi) is 2.02. The van der Waals surface area contributed by atoms with Gasteiger partial charge in [-0.3, -0.25) is 4.79 Å². The highest BCUT2D eigenvalue weighted by molar-refractivity contribution is 5.98. The summed E-state index contributed by atoms with van der Waals surface area (Å²) < 4.78 is 0. The molecular formula is C8H10O2. The molecule has 0 aromatic carbocycles. The van der Waals surface area contributed by atoms with Crippen LogP contribution in [0, 0.1) is 0 Å². The summed E-state index contributed by atoms with van der Waals surface area (Å²) in [5.74, 6) is 0.0485. The summed E-state index contributed by atoms with van der Waals surface area (Å²) in [7, 11) is 0. The first-order valence-electron chi connectivity index (χ1n) is 3.27. The summed E-state index contributed by atoms with van der Waals surface area (Å²) in [6, 6.07) is 0. The lowest BCUT2D eigenvalue weighted by Crippen LogP contribution is -2.00. The van der Waals surface area contributed by atoms with Crippen LogP contribution in [0.1, 0.15) is 12.8 Å². The second kappa shape index (κ2) is 2.80. The summed E-state index contributed by atoms with van der Waals surface area (Å²) in [5, 5.41) is 8.97. The number of carbonyl (C=O) groups is 1. The van der Waals surface area contributed by atoms with E-state index in [1.807, 2.05) is 0 Å². The van der Waals surface area contributed by atoms with Crippen molar-refractivity contribution in [3.8, 4) is 0 Å². The van der Waals surface area contributed by atoms with Gasteiger partial charge >= 0.3 is 0 Å². The molecule has 0 radical (unpaired) electrons. The van der Waals surface area contributed by atoms with Crippen molar-refractivity contribution in [3.05, 3.63) is 24.3 Å². The zero-order chi connectivity index (χ0) is 7.56. The van der Waals surface area contributed by atoms with Gasteiger partial charge < -0.3 is 5.11 Å². The fourth-order valence-corrected chi connectivity index (χ4v) is 1.04. The van der Waals surface area contributed by atoms with Gasteiger partial charge in [-0.2, -0.15) is 0 Å². The van der Waals surface area contributed by atoms with Crippen molar-refractivity contribution in [1.82, 2.24) is 0 Å². The minimum atomic E-state index is -0.553. The third kappa shape index (κ3) is 1.33. The highest BCUT2D eigenvalue weighted by Gasteiger charge is 2.20. The number of aliphatic hydroxyl groups is 1. The van der Waals surface area contributed by atoms with Gasteiger partial charge in [0.15, 0.2) is 5.78 Å². The number of hydrogen-bond acceptors (Lipinski definition) is 2. The van der Waals surface area contributed by atoms with E-state index in [4.69, 9.17) is 5.11 Å². The summed E-state index contributed by atoms with van der Waals surface area (Å²) in [6.07, 6.45) is 3.55. The number of hydrogen-bond donors (Lipinski definition) is 1. The second-order valence-corrected chi connectivity index (χ2v) is 2.38. The lowest BCUT2D eigenvalue weighted by molar-refractivity contribution is -0.115. The van der Waals surface area contributed by atoms with Gasteiger partial charge in [0.25, 0.3) is 0 Å². The predicted molar refractivity (Wildman–Crippen MR) is 38.5 cm³/mol. The van der Waals surface area contributed by atoms with Crippen molar-refractivity contribution >= 4 is 5.78 Å². The SMILES string of the molecule is C=CCC1=C[C@H](O)CC1=O. The Bertz CT molecular complexity index is 191. The first kappa shape index (κ1) is 7.22. The third-order valence-corrected chi connectivity index (χ3v) is 1.51. The van der Waals surface area contributed by atoms with Crippen LogP contribution >= 0.6 is 0 Å². The molecule has 0 heterocycles. The molecule has 1 aliphatic rings. The predicted octanol–water partition coefficient (Wildman–Crippen LogP) is 0.823. The van der Waals surface area contributed by atoms with Gasteiger partial charge in [-0.1, -0.05) is 6.08 Å². The Balaban J connectivity index is 2.65. The van der Waals surface area contributed by atoms with E-state index in [9.17, 15) is 4.79 Å². The van der Waals surface area contributed by atoms with E-state index in [2.05, 4.69) is 6.58 Å². The van der Waals surface area contributed by atoms with Gasteiger partial charge in [0.2, 0.25) is 0 Å². The molecule has 0 saturated heterocycles. The van der Waals surface area contributed by atoms with Crippen molar-refractivity contribution in [2.24, 2.45) is 0 Å². The van der Waals surface area contributed by atoms with Crippen molar-refractivity contribution in [3.63, 3.8) is 0 Å². The van der Waals surface area contributed by atoms with Gasteiger partial charge in [-0.25, -0.2) is 0 Å². The first-order valence-corrected chi connectivity index (χ1v) is 3.27. The Morgan fingerprint density at radius 2 is 2.60 bits per heavy atom. The minimum absolute atomic E-state index is 0.0485. The molecule has 2 nitrogen and oxygen atoms in total. The van der Waals surface area contributed by atoms with E-state index in [0.717, 1.165) is 0 Å². The highest BCUT2D eigenvalue weighted by Crippen LogP contribution is 2.17. The smallest absolute Gasteiger partial charge is 0.161 e. The fourth-order valence-electron chi connectivity index (χ4n) is 1.04. The fraction of sp³-hybridized carbons (Fsp3) is 0.375. The molecule has 0 spiro atoms. The number of allylic oxidation sites excluding steroid dienone is 2. The zero-order valence-corrected chi connectivity index (χ0v) is 5.71. The van der Waals surface area contributed by atoms with E-state index in [1.165, 1.54) is 0 Å². The second-order valence-electron chi connectivity index (χ2n) is 2.38. The molecule has 0 aromatic heterocycles. The molecule has 2 heteroatoms. The minimum Gasteiger partial charge on any atom is -0.389 e. The van der Waals surface area contributed by atoms with Crippen LogP contribution in [-0.4, -0.2) is 17.0 Å². The average molecular weight is 138 g/mol. The number of Topliss-reactive ketones (excluding diaryl/α,β-unsaturated/α-hetero) is 1. The van der Waals surface area contributed by atoms with Crippen LogP contribution in [-0.2, 0) is 4.79 Å². The Labute approximate surface area is 59.9 Å². The summed E-state index contributed by atoms with van der Waals surface area (Å²) >= 11 is 0. The van der Waals surface area contributed by atoms with E-state index in [1.54, 1.807) is 12.2 Å². The van der Waals surface area contributed by atoms with Crippen LogP contribution in [0.15, 0.2) is 24.3 Å². The highest BCUT2D eigenvalue weighted by atomic mass is 16.3. The van der Waals surface area contributed by atoms with Crippen molar-refractivity contribution in [1.29, 1.82) is 0 Å². The van der Waals surface area contributed by atoms with Gasteiger partial charge in [0.05, 0.1) is 6.10 Å². The molecule has 0 amide bonds. The summed E-state index contributed by atoms with van der Waals surface area (Å²) in [4.78, 5) is 10.9. The van der Waals surface area contributed by atoms with E-state index < -0.39 is 6.10 Å². The summed E-state index contributed by atoms with van der Waals surface area (Å²) in [5.41, 5.74) is 0.697. The molecule has 1 rings (SSSR count). The maximum atomic E-state index is 10.9. The monoisotopic (exact) mass is 138 g/mol. The number of aliphatic hydroxyl groups excluding tert-OH is 1. The first-order chi connectivity index (χ1) is 4.74. The molecule has 1 N–H and O–H groups in total. The topological polar surface area (TPSA) is 37.3 Å². The van der Waals surface area contributed by atoms with Gasteiger partial charge in [0.1, 0.15) is 0 Å². The lowest BCUT2D eigenvalue weighted by Gasteiger charge is -1.90. The van der Waals surface area contributed by atoms with Crippen LogP contribution in [0.2, 0.25) is 0 Å². The maximum absolute atomic E-state index is 10.9. The zero-order valence-electron chi connectivity index (χ0n) is 5.71. The Morgan fingerprint density at radius 3 is 3.00 bits per heavy atom. The third-order valence-electron chi connectivity index (χ3n) is 1.51. The average Bonchev–Trinajstić information content (AvgIpc) is 2.13. The molecule has 10 heavy (non-hydrogen) atoms. The molecule has 0 unspecified atom stereocenters. The van der Waals surface area contributed by atoms with Crippen molar-refractivity contribution < 1.29 is 9.90 Å². The van der Waals surface area contributed by atoms with E-state index in [0.29, 0.717) is 12.0 Å². The molecular weight excluding hydrogens is 128 g/mol. The number of carbonyl (C=O) groups excluding carboxylic acids is 1. The lowest BCUT2D eigenvalue weighted by atomic mass is 10.1. The van der Waals surface area contributed by atoms with Crippen LogP contribution in [0.4, 0.5) is 0 Å². The molecule has 54 valence electrons.